The quantitative estimate of drug-likeness (QED) is 0.698. The van der Waals surface area contributed by atoms with Crippen LogP contribution in [0.15, 0.2) is 11.0 Å². The lowest BCUT2D eigenvalue weighted by atomic mass is 10.2. The number of hydrogen-bond acceptors (Lipinski definition) is 5. The van der Waals surface area contributed by atoms with Gasteiger partial charge in [0.15, 0.2) is 0 Å². The molecule has 1 rings (SSSR count). The molecule has 6 nitrogen and oxygen atoms in total. The van der Waals surface area contributed by atoms with Crippen LogP contribution in [0.25, 0.3) is 0 Å². The average molecular weight is 290 g/mol. The summed E-state index contributed by atoms with van der Waals surface area (Å²) in [6, 6.07) is 0. The lowest BCUT2D eigenvalue weighted by Gasteiger charge is -2.10. The Kier molecular flexibility index (Phi) is 6.83. The molecule has 108 valence electrons. The highest BCUT2D eigenvalue weighted by atomic mass is 35.5. The van der Waals surface area contributed by atoms with Crippen molar-refractivity contribution >= 4 is 17.3 Å². The summed E-state index contributed by atoms with van der Waals surface area (Å²) >= 11 is 5.94. The Balaban J connectivity index is 2.51. The monoisotopic (exact) mass is 289 g/mol. The van der Waals surface area contributed by atoms with Gasteiger partial charge in [-0.3, -0.25) is 4.79 Å². The molecule has 0 saturated carbocycles. The van der Waals surface area contributed by atoms with Crippen LogP contribution < -0.4 is 10.9 Å². The van der Waals surface area contributed by atoms with E-state index in [4.69, 9.17) is 21.4 Å². The third-order valence-corrected chi connectivity index (χ3v) is 2.67. The number of nitrogens with one attached hydrogen (secondary N) is 1. The first-order valence-corrected chi connectivity index (χ1v) is 6.62. The van der Waals surface area contributed by atoms with Crippen molar-refractivity contribution in [1.29, 1.82) is 0 Å². The number of rotatable bonds is 8. The van der Waals surface area contributed by atoms with Gasteiger partial charge in [0.25, 0.3) is 5.56 Å². The Morgan fingerprint density at radius 1 is 1.58 bits per heavy atom. The number of ether oxygens (including phenoxy) is 1. The Hall–Kier alpha value is -1.11. The first kappa shape index (κ1) is 15.9. The molecule has 2 N–H and O–H groups in total. The van der Waals surface area contributed by atoms with Crippen LogP contribution in [0, 0.1) is 5.92 Å². The van der Waals surface area contributed by atoms with E-state index in [1.165, 1.54) is 6.20 Å². The molecule has 0 amide bonds. The molecule has 0 saturated heterocycles. The van der Waals surface area contributed by atoms with Gasteiger partial charge in [-0.05, 0) is 5.92 Å². The molecule has 0 aliphatic heterocycles. The number of halogens is 1. The van der Waals surface area contributed by atoms with Gasteiger partial charge in [0.05, 0.1) is 31.6 Å². The SMILES string of the molecule is CC(C)COCCNc1cnn(CCO)c(=O)c1Cl. The van der Waals surface area contributed by atoms with E-state index in [0.29, 0.717) is 31.4 Å². The van der Waals surface area contributed by atoms with E-state index in [-0.39, 0.29) is 18.2 Å². The van der Waals surface area contributed by atoms with Crippen molar-refractivity contribution in [3.05, 3.63) is 21.6 Å². The van der Waals surface area contributed by atoms with Crippen molar-refractivity contribution in [3.63, 3.8) is 0 Å². The van der Waals surface area contributed by atoms with Gasteiger partial charge < -0.3 is 15.2 Å². The van der Waals surface area contributed by atoms with Gasteiger partial charge in [0.1, 0.15) is 5.02 Å². The molecule has 0 aliphatic rings. The third kappa shape index (κ3) is 5.18. The molecule has 0 spiro atoms. The van der Waals surface area contributed by atoms with Gasteiger partial charge in [0, 0.05) is 13.2 Å². The maximum atomic E-state index is 11.7. The first-order valence-electron chi connectivity index (χ1n) is 6.24. The molecular formula is C12H20ClN3O3. The summed E-state index contributed by atoms with van der Waals surface area (Å²) in [4.78, 5) is 11.7. The van der Waals surface area contributed by atoms with E-state index in [0.717, 1.165) is 4.68 Å². The van der Waals surface area contributed by atoms with E-state index in [1.807, 2.05) is 0 Å². The molecule has 1 aromatic rings. The first-order chi connectivity index (χ1) is 9.06. The molecule has 0 aliphatic carbocycles. The summed E-state index contributed by atoms with van der Waals surface area (Å²) in [6.07, 6.45) is 1.47. The van der Waals surface area contributed by atoms with E-state index in [1.54, 1.807) is 0 Å². The van der Waals surface area contributed by atoms with Crippen LogP contribution in [-0.2, 0) is 11.3 Å². The lowest BCUT2D eigenvalue weighted by Crippen LogP contribution is -2.26. The Morgan fingerprint density at radius 2 is 2.32 bits per heavy atom. The number of nitrogens with zero attached hydrogens (tertiary/aromatic N) is 2. The highest BCUT2D eigenvalue weighted by Gasteiger charge is 2.08. The predicted octanol–water partition coefficient (Wildman–Crippen LogP) is 0.973. The number of anilines is 1. The largest absolute Gasteiger partial charge is 0.394 e. The van der Waals surface area contributed by atoms with Crippen molar-refractivity contribution in [2.24, 2.45) is 5.92 Å². The fourth-order valence-corrected chi connectivity index (χ4v) is 1.63. The molecule has 1 aromatic heterocycles. The average Bonchev–Trinajstić information content (AvgIpc) is 2.37. The number of aliphatic hydroxyl groups excluding tert-OH is 1. The molecule has 0 bridgehead atoms. The third-order valence-electron chi connectivity index (χ3n) is 2.31. The maximum Gasteiger partial charge on any atom is 0.287 e. The number of aliphatic hydroxyl groups is 1. The Morgan fingerprint density at radius 3 is 2.95 bits per heavy atom. The summed E-state index contributed by atoms with van der Waals surface area (Å²) in [6.45, 7) is 5.93. The van der Waals surface area contributed by atoms with Gasteiger partial charge in [-0.2, -0.15) is 5.10 Å². The van der Waals surface area contributed by atoms with Gasteiger partial charge in [0.2, 0.25) is 0 Å². The van der Waals surface area contributed by atoms with Crippen LogP contribution in [0.5, 0.6) is 0 Å². The predicted molar refractivity (Wildman–Crippen MR) is 74.7 cm³/mol. The molecule has 19 heavy (non-hydrogen) atoms. The highest BCUT2D eigenvalue weighted by molar-refractivity contribution is 6.32. The molecule has 0 radical (unpaired) electrons. The second kappa shape index (κ2) is 8.14. The maximum absolute atomic E-state index is 11.7. The molecule has 1 heterocycles. The van der Waals surface area contributed by atoms with Crippen LogP contribution >= 0.6 is 11.6 Å². The van der Waals surface area contributed by atoms with Crippen molar-refractivity contribution in [1.82, 2.24) is 9.78 Å². The fourth-order valence-electron chi connectivity index (χ4n) is 1.42. The minimum absolute atomic E-state index is 0.0762. The zero-order valence-electron chi connectivity index (χ0n) is 11.2. The van der Waals surface area contributed by atoms with Gasteiger partial charge in [-0.15, -0.1) is 0 Å². The second-order valence-electron chi connectivity index (χ2n) is 4.52. The molecule has 7 heteroatoms. The standard InChI is InChI=1S/C12H20ClN3O3/c1-9(2)8-19-6-3-14-10-7-15-16(4-5-17)12(18)11(10)13/h7,9,14,17H,3-6,8H2,1-2H3. The van der Waals surface area contributed by atoms with Crippen molar-refractivity contribution in [2.75, 3.05) is 31.7 Å². The van der Waals surface area contributed by atoms with E-state index < -0.39 is 5.56 Å². The fraction of sp³-hybridized carbons (Fsp3) is 0.667. The van der Waals surface area contributed by atoms with Crippen LogP contribution in [0.1, 0.15) is 13.8 Å². The highest BCUT2D eigenvalue weighted by Crippen LogP contribution is 2.14. The van der Waals surface area contributed by atoms with E-state index >= 15 is 0 Å². The van der Waals surface area contributed by atoms with Gasteiger partial charge in [-0.25, -0.2) is 4.68 Å². The van der Waals surface area contributed by atoms with E-state index in [2.05, 4.69) is 24.3 Å². The molecule has 0 fully saturated rings. The minimum Gasteiger partial charge on any atom is -0.394 e. The number of aromatic nitrogens is 2. The van der Waals surface area contributed by atoms with Gasteiger partial charge in [-0.1, -0.05) is 25.4 Å². The minimum atomic E-state index is -0.413. The van der Waals surface area contributed by atoms with E-state index in [9.17, 15) is 4.79 Å². The Bertz CT molecular complexity index is 448. The number of hydrogen-bond donors (Lipinski definition) is 2. The normalized spacial score (nSPS) is 11.0. The zero-order valence-corrected chi connectivity index (χ0v) is 12.0. The van der Waals surface area contributed by atoms with Crippen molar-refractivity contribution < 1.29 is 9.84 Å². The molecular weight excluding hydrogens is 270 g/mol. The summed E-state index contributed by atoms with van der Waals surface area (Å²) in [5, 5.41) is 15.8. The van der Waals surface area contributed by atoms with Crippen LogP contribution in [0.2, 0.25) is 5.02 Å². The molecule has 0 atom stereocenters. The molecule has 0 aromatic carbocycles. The van der Waals surface area contributed by atoms with Crippen molar-refractivity contribution in [2.45, 2.75) is 20.4 Å². The smallest absolute Gasteiger partial charge is 0.287 e. The van der Waals surface area contributed by atoms with Crippen molar-refractivity contribution in [3.8, 4) is 0 Å². The summed E-state index contributed by atoms with van der Waals surface area (Å²) in [7, 11) is 0. The van der Waals surface area contributed by atoms with Crippen LogP contribution in [-0.4, -0.2) is 41.3 Å². The van der Waals surface area contributed by atoms with Crippen LogP contribution in [0.4, 0.5) is 5.69 Å². The summed E-state index contributed by atoms with van der Waals surface area (Å²) in [5.74, 6) is 0.493. The second-order valence-corrected chi connectivity index (χ2v) is 4.90. The Labute approximate surface area is 117 Å². The van der Waals surface area contributed by atoms with Crippen LogP contribution in [0.3, 0.4) is 0 Å². The van der Waals surface area contributed by atoms with Gasteiger partial charge >= 0.3 is 0 Å². The zero-order chi connectivity index (χ0) is 14.3. The summed E-state index contributed by atoms with van der Waals surface area (Å²) in [5.41, 5.74) is 0.0674. The molecule has 0 unspecified atom stereocenters. The lowest BCUT2D eigenvalue weighted by molar-refractivity contribution is 0.118. The topological polar surface area (TPSA) is 76.4 Å². The summed E-state index contributed by atoms with van der Waals surface area (Å²) < 4.78 is 6.53.